The zero-order chi connectivity index (χ0) is 23.2. The minimum atomic E-state index is 0.319. The Morgan fingerprint density at radius 3 is 2.64 bits per heavy atom. The number of aromatic nitrogens is 2. The third-order valence-electron chi connectivity index (χ3n) is 5.71. The van der Waals surface area contributed by atoms with Crippen molar-refractivity contribution < 1.29 is 4.74 Å². The second-order valence-corrected chi connectivity index (χ2v) is 8.17. The van der Waals surface area contributed by atoms with Gasteiger partial charge in [0.1, 0.15) is 11.6 Å². The van der Waals surface area contributed by atoms with Crippen LogP contribution in [0.5, 0.6) is 5.75 Å². The summed E-state index contributed by atoms with van der Waals surface area (Å²) in [5, 5.41) is 6.59. The van der Waals surface area contributed by atoms with Gasteiger partial charge in [-0.05, 0) is 44.3 Å². The number of methoxy groups -OCH3 is 1. The molecule has 0 radical (unpaired) electrons. The predicted octanol–water partition coefficient (Wildman–Crippen LogP) is 4.45. The van der Waals surface area contributed by atoms with E-state index in [1.165, 1.54) is 0 Å². The second kappa shape index (κ2) is 10.2. The third kappa shape index (κ3) is 5.51. The number of ether oxygens (including phenoxy) is 1. The molecule has 0 unspecified atom stereocenters. The van der Waals surface area contributed by atoms with Crippen LogP contribution >= 0.6 is 0 Å². The Hall–Kier alpha value is -3.83. The van der Waals surface area contributed by atoms with Crippen LogP contribution in [0.2, 0.25) is 0 Å². The first-order valence-corrected chi connectivity index (χ1v) is 11.0. The van der Waals surface area contributed by atoms with Gasteiger partial charge in [-0.2, -0.15) is 4.98 Å². The fourth-order valence-corrected chi connectivity index (χ4v) is 3.88. The molecule has 0 atom stereocenters. The molecule has 2 aromatic carbocycles. The Labute approximate surface area is 195 Å². The quantitative estimate of drug-likeness (QED) is 0.523. The minimum absolute atomic E-state index is 0.319. The normalized spacial score (nSPS) is 13.9. The highest BCUT2D eigenvalue weighted by Gasteiger charge is 2.18. The minimum Gasteiger partial charge on any atom is -0.495 e. The first-order chi connectivity index (χ1) is 16.1. The monoisotopic (exact) mass is 443 g/mol. The van der Waals surface area contributed by atoms with Crippen molar-refractivity contribution in [1.82, 2.24) is 14.9 Å². The molecule has 170 valence electrons. The van der Waals surface area contributed by atoms with Crippen LogP contribution in [0, 0.1) is 13.5 Å². The Morgan fingerprint density at radius 2 is 1.88 bits per heavy atom. The van der Waals surface area contributed by atoms with Crippen LogP contribution in [0.4, 0.5) is 28.8 Å². The van der Waals surface area contributed by atoms with Crippen molar-refractivity contribution >= 4 is 28.8 Å². The van der Waals surface area contributed by atoms with Crippen molar-refractivity contribution in [2.45, 2.75) is 13.5 Å². The van der Waals surface area contributed by atoms with E-state index in [0.29, 0.717) is 18.3 Å². The molecular weight excluding hydrogens is 414 g/mol. The zero-order valence-corrected chi connectivity index (χ0v) is 19.3. The van der Waals surface area contributed by atoms with Crippen molar-refractivity contribution in [3.05, 3.63) is 71.2 Å². The van der Waals surface area contributed by atoms with E-state index in [1.54, 1.807) is 13.3 Å². The maximum absolute atomic E-state index is 7.21. The molecule has 0 amide bonds. The SMILES string of the molecule is [C-]#[N+]Cc1cc(C)ccc1Nc1ccnc(Nc2ccc(N3CCN(C)CC3)c(OC)c2)n1. The number of aryl methyl sites for hydroxylation is 1. The van der Waals surface area contributed by atoms with Crippen LogP contribution in [0.3, 0.4) is 0 Å². The fourth-order valence-electron chi connectivity index (χ4n) is 3.88. The van der Waals surface area contributed by atoms with Crippen LogP contribution in [0.15, 0.2) is 48.7 Å². The molecule has 0 saturated carbocycles. The summed E-state index contributed by atoms with van der Waals surface area (Å²) in [6.45, 7) is 13.6. The number of anilines is 5. The lowest BCUT2D eigenvalue weighted by atomic mass is 10.1. The maximum atomic E-state index is 7.21. The third-order valence-corrected chi connectivity index (χ3v) is 5.71. The van der Waals surface area contributed by atoms with Crippen LogP contribution in [0.25, 0.3) is 4.85 Å². The summed E-state index contributed by atoms with van der Waals surface area (Å²) in [6.07, 6.45) is 1.70. The van der Waals surface area contributed by atoms with E-state index in [9.17, 15) is 0 Å². The summed E-state index contributed by atoms with van der Waals surface area (Å²) in [5.41, 5.74) is 4.89. The molecule has 8 nitrogen and oxygen atoms in total. The molecule has 0 spiro atoms. The Balaban J connectivity index is 1.50. The highest BCUT2D eigenvalue weighted by atomic mass is 16.5. The molecule has 1 aromatic heterocycles. The first-order valence-electron chi connectivity index (χ1n) is 11.0. The van der Waals surface area contributed by atoms with Gasteiger partial charge < -0.3 is 30.0 Å². The van der Waals surface area contributed by atoms with Gasteiger partial charge in [-0.3, -0.25) is 0 Å². The van der Waals surface area contributed by atoms with Crippen molar-refractivity contribution in [1.29, 1.82) is 0 Å². The number of hydrogen-bond acceptors (Lipinski definition) is 7. The smallest absolute Gasteiger partial charge is 0.241 e. The van der Waals surface area contributed by atoms with Gasteiger partial charge in [0.15, 0.2) is 0 Å². The molecule has 0 bridgehead atoms. The standard InChI is InChI=1S/C25H29N7O/c1-18-5-7-21(19(15-18)17-26-2)29-24-9-10-27-25(30-24)28-20-6-8-22(23(16-20)33-4)32-13-11-31(3)12-14-32/h5-10,15-16H,11-14,17H2,1,3-4H3,(H2,27,28,29,30). The lowest BCUT2D eigenvalue weighted by Gasteiger charge is -2.34. The summed E-state index contributed by atoms with van der Waals surface area (Å²) in [4.78, 5) is 17.2. The van der Waals surface area contributed by atoms with Gasteiger partial charge in [0.05, 0.1) is 24.0 Å². The van der Waals surface area contributed by atoms with Crippen LogP contribution < -0.4 is 20.3 Å². The molecule has 8 heteroatoms. The van der Waals surface area contributed by atoms with Gasteiger partial charge >= 0.3 is 0 Å². The number of likely N-dealkylation sites (N-methyl/N-ethyl adjacent to an activating group) is 1. The van der Waals surface area contributed by atoms with Gasteiger partial charge in [0, 0.05) is 44.1 Å². The van der Waals surface area contributed by atoms with Crippen molar-refractivity contribution in [3.8, 4) is 5.75 Å². The highest BCUT2D eigenvalue weighted by Crippen LogP contribution is 2.33. The number of benzene rings is 2. The largest absolute Gasteiger partial charge is 0.495 e. The van der Waals surface area contributed by atoms with Crippen molar-refractivity contribution in [2.75, 3.05) is 55.9 Å². The highest BCUT2D eigenvalue weighted by molar-refractivity contribution is 5.68. The lowest BCUT2D eigenvalue weighted by Crippen LogP contribution is -2.44. The van der Waals surface area contributed by atoms with E-state index in [2.05, 4.69) is 48.4 Å². The first kappa shape index (κ1) is 22.4. The molecule has 1 aliphatic rings. The average molecular weight is 444 g/mol. The van der Waals surface area contributed by atoms with Crippen molar-refractivity contribution in [2.24, 2.45) is 0 Å². The van der Waals surface area contributed by atoms with Gasteiger partial charge in [-0.1, -0.05) is 11.6 Å². The molecule has 1 fully saturated rings. The van der Waals surface area contributed by atoms with Gasteiger partial charge in [-0.15, -0.1) is 0 Å². The lowest BCUT2D eigenvalue weighted by molar-refractivity contribution is 0.311. The predicted molar refractivity (Wildman–Crippen MR) is 133 cm³/mol. The summed E-state index contributed by atoms with van der Waals surface area (Å²) in [5.74, 6) is 1.96. The van der Waals surface area contributed by atoms with E-state index in [4.69, 9.17) is 11.3 Å². The molecule has 2 heterocycles. The van der Waals surface area contributed by atoms with Crippen LogP contribution in [-0.2, 0) is 6.54 Å². The Bertz CT molecular complexity index is 1150. The molecule has 33 heavy (non-hydrogen) atoms. The molecule has 2 N–H and O–H groups in total. The van der Waals surface area contributed by atoms with Crippen molar-refractivity contribution in [3.63, 3.8) is 0 Å². The van der Waals surface area contributed by atoms with Gasteiger partial charge in [0.25, 0.3) is 0 Å². The molecule has 1 aliphatic heterocycles. The van der Waals surface area contributed by atoms with E-state index in [-0.39, 0.29) is 0 Å². The van der Waals surface area contributed by atoms with Crippen LogP contribution in [-0.4, -0.2) is 55.2 Å². The molecular formula is C25H29N7O. The van der Waals surface area contributed by atoms with E-state index < -0.39 is 0 Å². The summed E-state index contributed by atoms with van der Waals surface area (Å²) >= 11 is 0. The molecule has 1 saturated heterocycles. The maximum Gasteiger partial charge on any atom is 0.241 e. The molecule has 4 rings (SSSR count). The number of nitrogens with one attached hydrogen (secondary N) is 2. The topological polar surface area (TPSA) is 69.9 Å². The van der Waals surface area contributed by atoms with E-state index in [1.807, 2.05) is 43.3 Å². The van der Waals surface area contributed by atoms with Crippen LogP contribution in [0.1, 0.15) is 11.1 Å². The fraction of sp³-hybridized carbons (Fsp3) is 0.320. The molecule has 3 aromatic rings. The zero-order valence-electron chi connectivity index (χ0n) is 19.3. The summed E-state index contributed by atoms with van der Waals surface area (Å²) < 4.78 is 5.68. The summed E-state index contributed by atoms with van der Waals surface area (Å²) in [6, 6.07) is 13.9. The molecule has 0 aliphatic carbocycles. The average Bonchev–Trinajstić information content (AvgIpc) is 2.82. The van der Waals surface area contributed by atoms with Gasteiger partial charge in [0.2, 0.25) is 12.5 Å². The number of nitrogens with zero attached hydrogens (tertiary/aromatic N) is 5. The van der Waals surface area contributed by atoms with E-state index in [0.717, 1.165) is 60.1 Å². The Morgan fingerprint density at radius 1 is 1.06 bits per heavy atom. The number of rotatable bonds is 7. The number of hydrogen-bond donors (Lipinski definition) is 2. The number of piperazine rings is 1. The second-order valence-electron chi connectivity index (χ2n) is 8.17. The van der Waals surface area contributed by atoms with E-state index >= 15 is 0 Å². The Kier molecular flexibility index (Phi) is 6.91. The van der Waals surface area contributed by atoms with Gasteiger partial charge in [-0.25, -0.2) is 11.6 Å². The summed E-state index contributed by atoms with van der Waals surface area (Å²) in [7, 11) is 3.84.